The van der Waals surface area contributed by atoms with Crippen LogP contribution in [-0.4, -0.2) is 26.4 Å². The molecule has 1 heterocycles. The summed E-state index contributed by atoms with van der Waals surface area (Å²) in [6, 6.07) is 9.69. The lowest BCUT2D eigenvalue weighted by atomic mass is 10.2. The van der Waals surface area contributed by atoms with Crippen molar-refractivity contribution in [1.29, 1.82) is 0 Å². The number of carbonyl (C=O) groups is 1. The molecule has 0 fully saturated rings. The molecule has 144 valence electrons. The molecule has 1 amide bonds. The molecule has 0 saturated heterocycles. The number of rotatable bonds is 6. The van der Waals surface area contributed by atoms with Crippen LogP contribution < -0.4 is 5.32 Å². The van der Waals surface area contributed by atoms with Gasteiger partial charge in [-0.3, -0.25) is 14.9 Å². The Hall–Kier alpha value is -2.34. The highest BCUT2D eigenvalue weighted by atomic mass is 35.5. The molecule has 0 bridgehead atoms. The molecule has 0 aliphatic carbocycles. The zero-order valence-electron chi connectivity index (χ0n) is 13.8. The predicted octanol–water partition coefficient (Wildman–Crippen LogP) is 5.09. The molecule has 0 saturated carbocycles. The van der Waals surface area contributed by atoms with Gasteiger partial charge < -0.3 is 5.32 Å². The number of carbonyl (C=O) groups excluding carboxylic acids is 1. The molecule has 0 aliphatic heterocycles. The molecular formula is C16H10ClFN4O3S3. The summed E-state index contributed by atoms with van der Waals surface area (Å²) in [5.74, 6) is -0.830. The lowest BCUT2D eigenvalue weighted by Gasteiger charge is -2.05. The molecule has 2 aromatic carbocycles. The van der Waals surface area contributed by atoms with Crippen LogP contribution in [-0.2, 0) is 4.79 Å². The van der Waals surface area contributed by atoms with E-state index >= 15 is 0 Å². The second-order valence-electron chi connectivity index (χ2n) is 5.28. The molecule has 1 N–H and O–H groups in total. The van der Waals surface area contributed by atoms with E-state index < -0.39 is 10.8 Å². The maximum Gasteiger partial charge on any atom is 0.294 e. The average Bonchev–Trinajstić information content (AvgIpc) is 3.03. The van der Waals surface area contributed by atoms with Crippen LogP contribution in [0.5, 0.6) is 0 Å². The largest absolute Gasteiger partial charge is 0.320 e. The van der Waals surface area contributed by atoms with Gasteiger partial charge >= 0.3 is 0 Å². The average molecular weight is 457 g/mol. The number of thioether (sulfide) groups is 1. The van der Waals surface area contributed by atoms with Crippen molar-refractivity contribution in [3.63, 3.8) is 0 Å². The molecule has 3 rings (SSSR count). The van der Waals surface area contributed by atoms with E-state index in [-0.39, 0.29) is 28.0 Å². The third-order valence-electron chi connectivity index (χ3n) is 3.36. The minimum Gasteiger partial charge on any atom is -0.320 e. The molecule has 7 nitrogen and oxygen atoms in total. The summed E-state index contributed by atoms with van der Waals surface area (Å²) in [5, 5.41) is 18.1. The van der Waals surface area contributed by atoms with E-state index in [0.717, 1.165) is 11.8 Å². The quantitative estimate of drug-likeness (QED) is 0.240. The molecule has 0 atom stereocenters. The van der Waals surface area contributed by atoms with Gasteiger partial charge in [0.05, 0.1) is 16.4 Å². The molecular weight excluding hydrogens is 447 g/mol. The van der Waals surface area contributed by atoms with Crippen LogP contribution in [0.1, 0.15) is 0 Å². The number of nitro groups is 1. The molecule has 12 heteroatoms. The Morgan fingerprint density at radius 3 is 2.75 bits per heavy atom. The van der Waals surface area contributed by atoms with Crippen molar-refractivity contribution in [1.82, 2.24) is 9.78 Å². The summed E-state index contributed by atoms with van der Waals surface area (Å²) in [5.41, 5.74) is 0.377. The van der Waals surface area contributed by atoms with Gasteiger partial charge in [0.2, 0.25) is 5.91 Å². The first-order chi connectivity index (χ1) is 13.3. The normalized spacial score (nSPS) is 10.6. The summed E-state index contributed by atoms with van der Waals surface area (Å²) < 4.78 is 15.5. The van der Waals surface area contributed by atoms with Gasteiger partial charge in [-0.2, -0.15) is 0 Å². The minimum absolute atomic E-state index is 0.0223. The highest BCUT2D eigenvalue weighted by molar-refractivity contribution is 8.01. The molecule has 0 spiro atoms. The van der Waals surface area contributed by atoms with Gasteiger partial charge in [0, 0.05) is 11.1 Å². The van der Waals surface area contributed by atoms with E-state index in [4.69, 9.17) is 23.8 Å². The number of anilines is 1. The maximum atomic E-state index is 13.0. The van der Waals surface area contributed by atoms with Crippen LogP contribution in [0.2, 0.25) is 5.02 Å². The number of nitrogens with one attached hydrogen (secondary N) is 1. The number of halogens is 2. The fourth-order valence-corrected chi connectivity index (χ4v) is 4.47. The van der Waals surface area contributed by atoms with E-state index in [1.165, 1.54) is 46.4 Å². The smallest absolute Gasteiger partial charge is 0.294 e. The molecule has 3 aromatic rings. The first-order valence-electron chi connectivity index (χ1n) is 7.56. The number of hydrogen-bond acceptors (Lipinski definition) is 7. The fourth-order valence-electron chi connectivity index (χ4n) is 2.14. The van der Waals surface area contributed by atoms with Crippen molar-refractivity contribution in [3.8, 4) is 5.69 Å². The van der Waals surface area contributed by atoms with Crippen molar-refractivity contribution >= 4 is 64.2 Å². The van der Waals surface area contributed by atoms with Crippen LogP contribution in [0.25, 0.3) is 5.69 Å². The topological polar surface area (TPSA) is 90.1 Å². The van der Waals surface area contributed by atoms with E-state index in [9.17, 15) is 19.3 Å². The van der Waals surface area contributed by atoms with Gasteiger partial charge in [0.1, 0.15) is 11.5 Å². The van der Waals surface area contributed by atoms with Crippen LogP contribution in [0, 0.1) is 19.9 Å². The van der Waals surface area contributed by atoms with Crippen LogP contribution >= 0.6 is 46.9 Å². The van der Waals surface area contributed by atoms with Gasteiger partial charge in [0.25, 0.3) is 5.69 Å². The number of nitrogens with zero attached hydrogens (tertiary/aromatic N) is 3. The summed E-state index contributed by atoms with van der Waals surface area (Å²) in [7, 11) is 0. The maximum absolute atomic E-state index is 13.0. The first-order valence-corrected chi connectivity index (χ1v) is 10.1. The minimum atomic E-state index is -0.620. The van der Waals surface area contributed by atoms with Gasteiger partial charge in [-0.15, -0.1) is 5.10 Å². The van der Waals surface area contributed by atoms with Crippen molar-refractivity contribution in [2.24, 2.45) is 0 Å². The zero-order chi connectivity index (χ0) is 20.3. The number of aromatic nitrogens is 2. The first kappa shape index (κ1) is 20.4. The fraction of sp³-hybridized carbons (Fsp3) is 0.0625. The van der Waals surface area contributed by atoms with E-state index in [2.05, 4.69) is 10.4 Å². The van der Waals surface area contributed by atoms with E-state index in [0.29, 0.717) is 14.0 Å². The number of nitro benzene ring substituents is 1. The third-order valence-corrected chi connectivity index (χ3v) is 5.96. The van der Waals surface area contributed by atoms with Crippen molar-refractivity contribution in [2.75, 3.05) is 11.1 Å². The Morgan fingerprint density at radius 2 is 2.07 bits per heavy atom. The second kappa shape index (κ2) is 8.78. The van der Waals surface area contributed by atoms with E-state index in [1.54, 1.807) is 12.1 Å². The number of hydrogen-bond donors (Lipinski definition) is 1. The Balaban J connectivity index is 1.67. The summed E-state index contributed by atoms with van der Waals surface area (Å²) in [6.07, 6.45) is 0. The standard InChI is InChI=1S/C16H10ClFN4O3S3/c17-9-1-6-12(13(7-9)22(24)25)19-14(23)8-27-15-20-21(16(26)28-15)11-4-2-10(18)3-5-11/h1-7H,8H2,(H,19,23). The van der Waals surface area contributed by atoms with Gasteiger partial charge in [-0.05, 0) is 48.6 Å². The SMILES string of the molecule is O=C(CSc1nn(-c2ccc(F)cc2)c(=S)s1)Nc1ccc(Cl)cc1[N+](=O)[O-]. The Bertz CT molecular complexity index is 1100. The third kappa shape index (κ3) is 4.93. The van der Waals surface area contributed by atoms with Crippen LogP contribution in [0.15, 0.2) is 46.8 Å². The van der Waals surface area contributed by atoms with Crippen molar-refractivity contribution in [3.05, 3.63) is 67.4 Å². The molecule has 28 heavy (non-hydrogen) atoms. The summed E-state index contributed by atoms with van der Waals surface area (Å²) >= 11 is 13.3. The molecule has 1 aromatic heterocycles. The monoisotopic (exact) mass is 456 g/mol. The lowest BCUT2D eigenvalue weighted by molar-refractivity contribution is -0.383. The lowest BCUT2D eigenvalue weighted by Crippen LogP contribution is -2.15. The Kier molecular flexibility index (Phi) is 6.39. The number of benzene rings is 2. The Morgan fingerprint density at radius 1 is 1.36 bits per heavy atom. The highest BCUT2D eigenvalue weighted by Gasteiger charge is 2.17. The summed E-state index contributed by atoms with van der Waals surface area (Å²) in [4.78, 5) is 22.6. The van der Waals surface area contributed by atoms with Gasteiger partial charge in [-0.25, -0.2) is 9.07 Å². The molecule has 0 radical (unpaired) electrons. The van der Waals surface area contributed by atoms with Crippen molar-refractivity contribution in [2.45, 2.75) is 4.34 Å². The highest BCUT2D eigenvalue weighted by Crippen LogP contribution is 2.29. The molecule has 0 aliphatic rings. The predicted molar refractivity (Wildman–Crippen MR) is 110 cm³/mol. The van der Waals surface area contributed by atoms with E-state index in [1.807, 2.05) is 0 Å². The van der Waals surface area contributed by atoms with Crippen LogP contribution in [0.3, 0.4) is 0 Å². The van der Waals surface area contributed by atoms with Gasteiger partial charge in [-0.1, -0.05) is 34.7 Å². The Labute approximate surface area is 176 Å². The second-order valence-corrected chi connectivity index (χ2v) is 8.56. The summed E-state index contributed by atoms with van der Waals surface area (Å²) in [6.45, 7) is 0. The molecule has 0 unspecified atom stereocenters. The van der Waals surface area contributed by atoms with Crippen LogP contribution in [0.4, 0.5) is 15.8 Å². The van der Waals surface area contributed by atoms with Gasteiger partial charge in [0.15, 0.2) is 8.29 Å². The van der Waals surface area contributed by atoms with Crippen molar-refractivity contribution < 1.29 is 14.1 Å². The number of amides is 1. The zero-order valence-corrected chi connectivity index (χ0v) is 17.0.